The zero-order valence-corrected chi connectivity index (χ0v) is 21.8. The Kier molecular flexibility index (Phi) is 10.1. The van der Waals surface area contributed by atoms with Crippen LogP contribution in [-0.4, -0.2) is 46.8 Å². The van der Waals surface area contributed by atoms with Gasteiger partial charge in [-0.25, -0.2) is 4.39 Å². The number of fused-ring (bicyclic) bond motifs is 1. The van der Waals surface area contributed by atoms with Crippen molar-refractivity contribution < 1.29 is 50.2 Å². The lowest BCUT2D eigenvalue weighted by molar-refractivity contribution is -0.152. The lowest BCUT2D eigenvalue weighted by atomic mass is 9.81. The Morgan fingerprint density at radius 3 is 2.17 bits per heavy atom. The standard InChI is InChI=1S/C28H27F7N2O4/c1-15(39)19(8-10-27(30,31)32)21(9-11-28(33,34)35)26(41)37-25-23(40)13-22-17(14-38)5-3-7-20(22)24(36-25)16-4-2-6-18(29)12-16/h2-7,12,19,21,25,38H,8-11,13-14H2,1H3,(H,37,41)/t19-,21-,25-/m1/s1. The van der Waals surface area contributed by atoms with Crippen LogP contribution in [0.15, 0.2) is 47.5 Å². The van der Waals surface area contributed by atoms with Crippen molar-refractivity contribution >= 4 is 23.2 Å². The molecule has 0 aliphatic carbocycles. The summed E-state index contributed by atoms with van der Waals surface area (Å²) in [6.45, 7) is 0.419. The number of aliphatic hydroxyl groups excluding tert-OH is 1. The van der Waals surface area contributed by atoms with Gasteiger partial charge in [0, 0.05) is 42.2 Å². The molecule has 2 aromatic rings. The summed E-state index contributed by atoms with van der Waals surface area (Å²) in [5.41, 5.74) is 1.25. The van der Waals surface area contributed by atoms with Crippen molar-refractivity contribution in [2.24, 2.45) is 16.8 Å². The summed E-state index contributed by atoms with van der Waals surface area (Å²) in [4.78, 5) is 43.1. The zero-order chi connectivity index (χ0) is 30.5. The number of aliphatic imine (C=N–C) groups is 1. The molecule has 3 atom stereocenters. The predicted molar refractivity (Wildman–Crippen MR) is 133 cm³/mol. The number of benzene rings is 2. The van der Waals surface area contributed by atoms with E-state index in [1.165, 1.54) is 12.1 Å². The number of alkyl halides is 6. The summed E-state index contributed by atoms with van der Waals surface area (Å²) in [7, 11) is 0. The molecule has 0 saturated carbocycles. The predicted octanol–water partition coefficient (Wildman–Crippen LogP) is 5.23. The molecule has 2 N–H and O–H groups in total. The number of carbonyl (C=O) groups excluding carboxylic acids is 3. The first-order valence-corrected chi connectivity index (χ1v) is 12.6. The molecule has 0 unspecified atom stereocenters. The smallest absolute Gasteiger partial charge is 0.389 e. The number of Topliss-reactive ketones (excluding diaryl/α,β-unsaturated/α-hetero) is 2. The lowest BCUT2D eigenvalue weighted by Crippen LogP contribution is -2.46. The first-order valence-electron chi connectivity index (χ1n) is 12.6. The Balaban J connectivity index is 2.04. The SMILES string of the molecule is CC(=O)[C@@H](CCC(F)(F)F)[C@@H](CCC(F)(F)F)C(=O)N[C@H]1N=C(c2cccc(F)c2)c2cccc(CO)c2CC1=O. The van der Waals surface area contributed by atoms with Crippen molar-refractivity contribution in [3.63, 3.8) is 0 Å². The molecule has 0 spiro atoms. The van der Waals surface area contributed by atoms with Gasteiger partial charge in [0.2, 0.25) is 5.91 Å². The highest BCUT2D eigenvalue weighted by Crippen LogP contribution is 2.33. The van der Waals surface area contributed by atoms with E-state index >= 15 is 0 Å². The quantitative estimate of drug-likeness (QED) is 0.372. The van der Waals surface area contributed by atoms with E-state index < -0.39 is 85.9 Å². The van der Waals surface area contributed by atoms with Crippen LogP contribution < -0.4 is 5.32 Å². The van der Waals surface area contributed by atoms with Crippen molar-refractivity contribution in [2.75, 3.05) is 0 Å². The highest BCUT2D eigenvalue weighted by atomic mass is 19.4. The van der Waals surface area contributed by atoms with E-state index in [-0.39, 0.29) is 17.7 Å². The number of ketones is 2. The van der Waals surface area contributed by atoms with Gasteiger partial charge in [-0.3, -0.25) is 19.4 Å². The van der Waals surface area contributed by atoms with Gasteiger partial charge in [-0.2, -0.15) is 26.3 Å². The molecule has 0 aromatic heterocycles. The average molecular weight is 589 g/mol. The second kappa shape index (κ2) is 12.9. The number of amides is 1. The van der Waals surface area contributed by atoms with E-state index in [0.717, 1.165) is 19.1 Å². The molecule has 13 heteroatoms. The summed E-state index contributed by atoms with van der Waals surface area (Å²) in [5.74, 6) is -7.09. The van der Waals surface area contributed by atoms with Gasteiger partial charge in [0.1, 0.15) is 11.6 Å². The summed E-state index contributed by atoms with van der Waals surface area (Å²) >= 11 is 0. The molecule has 1 aliphatic heterocycles. The number of aliphatic hydroxyl groups is 1. The third-order valence-electron chi connectivity index (χ3n) is 6.81. The first-order chi connectivity index (χ1) is 19.1. The number of nitrogens with zero attached hydrogens (tertiary/aromatic N) is 1. The number of hydrogen-bond acceptors (Lipinski definition) is 5. The van der Waals surface area contributed by atoms with Gasteiger partial charge in [-0.05, 0) is 43.0 Å². The van der Waals surface area contributed by atoms with Crippen molar-refractivity contribution in [3.8, 4) is 0 Å². The number of halogens is 7. The van der Waals surface area contributed by atoms with Gasteiger partial charge < -0.3 is 10.4 Å². The number of nitrogens with one attached hydrogen (secondary N) is 1. The van der Waals surface area contributed by atoms with Gasteiger partial charge in [0.05, 0.1) is 12.3 Å². The molecular weight excluding hydrogens is 561 g/mol. The zero-order valence-electron chi connectivity index (χ0n) is 21.8. The van der Waals surface area contributed by atoms with Gasteiger partial charge in [-0.1, -0.05) is 30.3 Å². The van der Waals surface area contributed by atoms with Crippen LogP contribution in [-0.2, 0) is 27.4 Å². The van der Waals surface area contributed by atoms with Gasteiger partial charge in [0.15, 0.2) is 11.9 Å². The second-order valence-electron chi connectivity index (χ2n) is 9.77. The van der Waals surface area contributed by atoms with Gasteiger partial charge >= 0.3 is 12.4 Å². The minimum absolute atomic E-state index is 0.0398. The average Bonchev–Trinajstić information content (AvgIpc) is 3.00. The van der Waals surface area contributed by atoms with Crippen LogP contribution in [0.1, 0.15) is 54.9 Å². The highest BCUT2D eigenvalue weighted by Gasteiger charge is 2.40. The Bertz CT molecular complexity index is 1320. The topological polar surface area (TPSA) is 95.8 Å². The second-order valence-corrected chi connectivity index (χ2v) is 9.77. The summed E-state index contributed by atoms with van der Waals surface area (Å²) in [5, 5.41) is 12.0. The molecule has 0 fully saturated rings. The Hall–Kier alpha value is -3.61. The maximum absolute atomic E-state index is 14.1. The van der Waals surface area contributed by atoms with E-state index in [4.69, 9.17) is 0 Å². The van der Waals surface area contributed by atoms with Crippen LogP contribution in [0, 0.1) is 17.7 Å². The van der Waals surface area contributed by atoms with Crippen LogP contribution in [0.3, 0.4) is 0 Å². The number of carbonyl (C=O) groups is 3. The molecule has 0 bridgehead atoms. The largest absolute Gasteiger partial charge is 0.392 e. The molecule has 1 aliphatic rings. The Labute approximate surface area is 230 Å². The monoisotopic (exact) mass is 588 g/mol. The molecule has 1 heterocycles. The third kappa shape index (κ3) is 8.69. The molecule has 6 nitrogen and oxygen atoms in total. The molecule has 0 saturated heterocycles. The lowest BCUT2D eigenvalue weighted by Gasteiger charge is -2.26. The fraction of sp³-hybridized carbons (Fsp3) is 0.429. The van der Waals surface area contributed by atoms with E-state index in [0.29, 0.717) is 16.7 Å². The number of hydrogen-bond donors (Lipinski definition) is 2. The van der Waals surface area contributed by atoms with Crippen LogP contribution in [0.4, 0.5) is 30.7 Å². The van der Waals surface area contributed by atoms with Crippen molar-refractivity contribution in [1.82, 2.24) is 5.32 Å². The van der Waals surface area contributed by atoms with Crippen LogP contribution in [0.2, 0.25) is 0 Å². The van der Waals surface area contributed by atoms with Crippen molar-refractivity contribution in [1.29, 1.82) is 0 Å². The number of rotatable bonds is 10. The van der Waals surface area contributed by atoms with Gasteiger partial charge in [0.25, 0.3) is 0 Å². The molecule has 222 valence electrons. The van der Waals surface area contributed by atoms with E-state index in [1.54, 1.807) is 18.2 Å². The van der Waals surface area contributed by atoms with Crippen LogP contribution >= 0.6 is 0 Å². The minimum Gasteiger partial charge on any atom is -0.392 e. The third-order valence-corrected chi connectivity index (χ3v) is 6.81. The van der Waals surface area contributed by atoms with Gasteiger partial charge in [-0.15, -0.1) is 0 Å². The van der Waals surface area contributed by atoms with E-state index in [9.17, 15) is 50.2 Å². The summed E-state index contributed by atoms with van der Waals surface area (Å²) in [6.07, 6.45) is -16.6. The Morgan fingerprint density at radius 1 is 1.00 bits per heavy atom. The molecule has 2 aromatic carbocycles. The molecule has 0 radical (unpaired) electrons. The first kappa shape index (κ1) is 31.9. The van der Waals surface area contributed by atoms with E-state index in [2.05, 4.69) is 10.3 Å². The van der Waals surface area contributed by atoms with E-state index in [1.807, 2.05) is 0 Å². The molecule has 41 heavy (non-hydrogen) atoms. The maximum Gasteiger partial charge on any atom is 0.389 e. The fourth-order valence-electron chi connectivity index (χ4n) is 4.82. The van der Waals surface area contributed by atoms with Crippen molar-refractivity contribution in [2.45, 2.75) is 64.2 Å². The maximum atomic E-state index is 14.1. The molecule has 3 rings (SSSR count). The summed E-state index contributed by atoms with van der Waals surface area (Å²) < 4.78 is 92.0. The molecular formula is C28H27F7N2O4. The van der Waals surface area contributed by atoms with Crippen LogP contribution in [0.5, 0.6) is 0 Å². The summed E-state index contributed by atoms with van der Waals surface area (Å²) in [6, 6.07) is 9.77. The normalized spacial score (nSPS) is 17.2. The fourth-order valence-corrected chi connectivity index (χ4v) is 4.82. The molecule has 1 amide bonds. The van der Waals surface area contributed by atoms with Crippen molar-refractivity contribution in [3.05, 3.63) is 70.5 Å². The minimum atomic E-state index is -4.77. The Morgan fingerprint density at radius 2 is 1.61 bits per heavy atom. The highest BCUT2D eigenvalue weighted by molar-refractivity contribution is 6.16. The van der Waals surface area contributed by atoms with Crippen LogP contribution in [0.25, 0.3) is 0 Å².